The number of nitrogens with one attached hydrogen (secondary N) is 1. The van der Waals surface area contributed by atoms with Crippen LogP contribution in [0.1, 0.15) is 23.6 Å². The van der Waals surface area contributed by atoms with E-state index in [4.69, 9.17) is 5.73 Å². The van der Waals surface area contributed by atoms with Gasteiger partial charge in [0.15, 0.2) is 0 Å². The highest BCUT2D eigenvalue weighted by Crippen LogP contribution is 2.30. The Hall–Kier alpha value is -2.57. The summed E-state index contributed by atoms with van der Waals surface area (Å²) in [4.78, 5) is 16.1. The normalized spacial score (nSPS) is 22.2. The number of nitrogens with zero attached hydrogens (tertiary/aromatic N) is 2. The number of nitrogen functional groups attached to an aromatic ring is 1. The van der Waals surface area contributed by atoms with Crippen LogP contribution in [0.5, 0.6) is 0 Å². The predicted molar refractivity (Wildman–Crippen MR) is 116 cm³/mol. The zero-order chi connectivity index (χ0) is 20.4. The highest BCUT2D eigenvalue weighted by molar-refractivity contribution is 5.73. The third-order valence-corrected chi connectivity index (χ3v) is 6.24. The molecule has 6 heteroatoms. The fraction of sp³-hybridized carbons (Fsp3) is 0.435. The van der Waals surface area contributed by atoms with Crippen molar-refractivity contribution in [3.63, 3.8) is 0 Å². The van der Waals surface area contributed by atoms with E-state index in [1.54, 1.807) is 6.92 Å². The van der Waals surface area contributed by atoms with Gasteiger partial charge in [-0.15, -0.1) is 0 Å². The Bertz CT molecular complexity index is 877. The van der Waals surface area contributed by atoms with Crippen LogP contribution in [0.2, 0.25) is 0 Å². The lowest BCUT2D eigenvalue weighted by atomic mass is 9.84. The predicted octanol–water partition coefficient (Wildman–Crippen LogP) is 1.56. The number of benzene rings is 2. The van der Waals surface area contributed by atoms with Crippen LogP contribution in [0.15, 0.2) is 42.5 Å². The third kappa shape index (κ3) is 4.23. The number of fused-ring (bicyclic) bond motifs is 1. The molecule has 1 aliphatic heterocycles. The topological polar surface area (TPSA) is 81.8 Å². The highest BCUT2D eigenvalue weighted by Gasteiger charge is 2.34. The zero-order valence-electron chi connectivity index (χ0n) is 17.0. The van der Waals surface area contributed by atoms with Crippen molar-refractivity contribution in [3.8, 4) is 0 Å². The van der Waals surface area contributed by atoms with Gasteiger partial charge in [0.05, 0.1) is 6.10 Å². The SMILES string of the molecule is CC(=O)NCc1ccccc1N1CCN([C@H]2Cc3c(N)cccc3C[C@@H]2O)CC1. The van der Waals surface area contributed by atoms with Gasteiger partial charge in [0, 0.05) is 63.5 Å². The molecule has 0 saturated carbocycles. The summed E-state index contributed by atoms with van der Waals surface area (Å²) in [6, 6.07) is 14.4. The van der Waals surface area contributed by atoms with E-state index < -0.39 is 0 Å². The van der Waals surface area contributed by atoms with Gasteiger partial charge in [-0.25, -0.2) is 0 Å². The van der Waals surface area contributed by atoms with E-state index in [-0.39, 0.29) is 18.1 Å². The lowest BCUT2D eigenvalue weighted by Crippen LogP contribution is -2.56. The maximum Gasteiger partial charge on any atom is 0.217 e. The first-order valence-corrected chi connectivity index (χ1v) is 10.4. The van der Waals surface area contributed by atoms with Gasteiger partial charge < -0.3 is 21.1 Å². The second-order valence-electron chi connectivity index (χ2n) is 8.09. The molecule has 2 aromatic carbocycles. The molecule has 1 aliphatic carbocycles. The monoisotopic (exact) mass is 394 g/mol. The zero-order valence-corrected chi connectivity index (χ0v) is 17.0. The molecule has 1 heterocycles. The Morgan fingerprint density at radius 2 is 1.86 bits per heavy atom. The summed E-state index contributed by atoms with van der Waals surface area (Å²) in [5.74, 6) is -0.0181. The van der Waals surface area contributed by atoms with Crippen LogP contribution < -0.4 is 16.0 Å². The number of amides is 1. The Labute approximate surface area is 172 Å². The van der Waals surface area contributed by atoms with Gasteiger partial charge in [0.25, 0.3) is 0 Å². The van der Waals surface area contributed by atoms with Crippen LogP contribution in [0.4, 0.5) is 11.4 Å². The van der Waals surface area contributed by atoms with Crippen LogP contribution in [-0.4, -0.2) is 54.2 Å². The highest BCUT2D eigenvalue weighted by atomic mass is 16.3. The van der Waals surface area contributed by atoms with E-state index in [2.05, 4.69) is 33.3 Å². The number of hydrogen-bond acceptors (Lipinski definition) is 5. The van der Waals surface area contributed by atoms with Crippen molar-refractivity contribution in [1.82, 2.24) is 10.2 Å². The quantitative estimate of drug-likeness (QED) is 0.686. The average Bonchev–Trinajstić information content (AvgIpc) is 2.72. The van der Waals surface area contributed by atoms with E-state index in [1.165, 1.54) is 16.8 Å². The van der Waals surface area contributed by atoms with Crippen molar-refractivity contribution >= 4 is 17.3 Å². The Balaban J connectivity index is 1.43. The summed E-state index contributed by atoms with van der Waals surface area (Å²) in [7, 11) is 0. The van der Waals surface area contributed by atoms with Crippen molar-refractivity contribution in [2.24, 2.45) is 0 Å². The van der Waals surface area contributed by atoms with Crippen LogP contribution in [0.3, 0.4) is 0 Å². The molecule has 0 aromatic heterocycles. The first-order chi connectivity index (χ1) is 14.0. The molecule has 1 fully saturated rings. The van der Waals surface area contributed by atoms with Crippen LogP contribution >= 0.6 is 0 Å². The molecule has 0 radical (unpaired) electrons. The standard InChI is InChI=1S/C23H30N4O2/c1-16(28)25-15-18-5-2-3-8-21(18)26-9-11-27(12-10-26)22-14-19-17(13-23(22)29)6-4-7-20(19)24/h2-8,22-23,29H,9-15,24H2,1H3,(H,25,28)/t22-,23-/m0/s1. The fourth-order valence-corrected chi connectivity index (χ4v) is 4.66. The molecule has 1 saturated heterocycles. The lowest BCUT2D eigenvalue weighted by Gasteiger charge is -2.44. The maximum atomic E-state index is 11.3. The van der Waals surface area contributed by atoms with Crippen molar-refractivity contribution < 1.29 is 9.90 Å². The van der Waals surface area contributed by atoms with Gasteiger partial charge in [0.2, 0.25) is 5.91 Å². The number of aliphatic hydroxyl groups excluding tert-OH is 1. The summed E-state index contributed by atoms with van der Waals surface area (Å²) in [5.41, 5.74) is 11.7. The van der Waals surface area contributed by atoms with Crippen LogP contribution in [0, 0.1) is 0 Å². The lowest BCUT2D eigenvalue weighted by molar-refractivity contribution is -0.119. The number of anilines is 2. The van der Waals surface area contributed by atoms with Gasteiger partial charge in [-0.1, -0.05) is 30.3 Å². The van der Waals surface area contributed by atoms with E-state index in [0.717, 1.165) is 43.9 Å². The van der Waals surface area contributed by atoms with Crippen molar-refractivity contribution in [2.45, 2.75) is 38.5 Å². The largest absolute Gasteiger partial charge is 0.398 e. The van der Waals surface area contributed by atoms with Gasteiger partial charge >= 0.3 is 0 Å². The maximum absolute atomic E-state index is 11.3. The number of para-hydroxylation sites is 1. The molecular formula is C23H30N4O2. The van der Waals surface area contributed by atoms with Crippen molar-refractivity contribution in [1.29, 1.82) is 0 Å². The van der Waals surface area contributed by atoms with Gasteiger partial charge in [-0.05, 0) is 35.2 Å². The van der Waals surface area contributed by atoms with Gasteiger partial charge in [-0.3, -0.25) is 9.69 Å². The van der Waals surface area contributed by atoms with E-state index >= 15 is 0 Å². The smallest absolute Gasteiger partial charge is 0.217 e. The Morgan fingerprint density at radius 3 is 2.62 bits per heavy atom. The van der Waals surface area contributed by atoms with Gasteiger partial charge in [-0.2, -0.15) is 0 Å². The number of carbonyl (C=O) groups excluding carboxylic acids is 1. The number of nitrogens with two attached hydrogens (primary N) is 1. The molecular weight excluding hydrogens is 364 g/mol. The molecule has 1 amide bonds. The summed E-state index contributed by atoms with van der Waals surface area (Å²) in [5, 5.41) is 13.7. The van der Waals surface area contributed by atoms with Crippen molar-refractivity contribution in [2.75, 3.05) is 36.8 Å². The van der Waals surface area contributed by atoms with E-state index in [1.807, 2.05) is 24.3 Å². The summed E-state index contributed by atoms with van der Waals surface area (Å²) in [6.45, 7) is 5.69. The molecule has 2 aromatic rings. The molecule has 0 spiro atoms. The fourth-order valence-electron chi connectivity index (χ4n) is 4.66. The molecule has 0 bridgehead atoms. The Kier molecular flexibility index (Phi) is 5.74. The Morgan fingerprint density at radius 1 is 1.10 bits per heavy atom. The minimum atomic E-state index is -0.358. The molecule has 4 rings (SSSR count). The number of aliphatic hydroxyl groups is 1. The van der Waals surface area contributed by atoms with Gasteiger partial charge in [0.1, 0.15) is 0 Å². The molecule has 4 N–H and O–H groups in total. The number of hydrogen-bond donors (Lipinski definition) is 3. The number of piperazine rings is 1. The summed E-state index contributed by atoms with van der Waals surface area (Å²) >= 11 is 0. The van der Waals surface area contributed by atoms with E-state index in [9.17, 15) is 9.90 Å². The molecule has 2 aliphatic rings. The number of rotatable bonds is 4. The molecule has 0 unspecified atom stereocenters. The van der Waals surface area contributed by atoms with E-state index in [0.29, 0.717) is 13.0 Å². The number of carbonyl (C=O) groups is 1. The van der Waals surface area contributed by atoms with Crippen LogP contribution in [-0.2, 0) is 24.2 Å². The summed E-state index contributed by atoms with van der Waals surface area (Å²) in [6.07, 6.45) is 1.12. The van der Waals surface area contributed by atoms with Crippen LogP contribution in [0.25, 0.3) is 0 Å². The first-order valence-electron chi connectivity index (χ1n) is 10.4. The second kappa shape index (κ2) is 8.43. The molecule has 2 atom stereocenters. The van der Waals surface area contributed by atoms with Crippen molar-refractivity contribution in [3.05, 3.63) is 59.2 Å². The third-order valence-electron chi connectivity index (χ3n) is 6.24. The second-order valence-corrected chi connectivity index (χ2v) is 8.09. The molecule has 154 valence electrons. The first kappa shape index (κ1) is 19.7. The minimum absolute atomic E-state index is 0.0181. The average molecular weight is 395 g/mol. The summed E-state index contributed by atoms with van der Waals surface area (Å²) < 4.78 is 0. The molecule has 29 heavy (non-hydrogen) atoms. The molecule has 6 nitrogen and oxygen atoms in total. The minimum Gasteiger partial charge on any atom is -0.398 e.